The summed E-state index contributed by atoms with van der Waals surface area (Å²) in [4.78, 5) is 0. The molecule has 4 aliphatic rings. The highest BCUT2D eigenvalue weighted by Crippen LogP contribution is 2.71. The zero-order valence-electron chi connectivity index (χ0n) is 14.6. The van der Waals surface area contributed by atoms with E-state index < -0.39 is 12.2 Å². The van der Waals surface area contributed by atoms with Crippen molar-refractivity contribution in [2.75, 3.05) is 0 Å². The molecule has 0 radical (unpaired) electrons. The molecule has 3 fully saturated rings. The van der Waals surface area contributed by atoms with Crippen molar-refractivity contribution in [3.05, 3.63) is 12.2 Å². The lowest BCUT2D eigenvalue weighted by Gasteiger charge is -2.66. The van der Waals surface area contributed by atoms with Crippen LogP contribution in [-0.2, 0) is 0 Å². The molecule has 22 heavy (non-hydrogen) atoms. The van der Waals surface area contributed by atoms with Gasteiger partial charge in [0.25, 0.3) is 0 Å². The van der Waals surface area contributed by atoms with Crippen LogP contribution in [0.3, 0.4) is 0 Å². The molecule has 0 aromatic heterocycles. The van der Waals surface area contributed by atoms with E-state index in [1.54, 1.807) is 0 Å². The molecular weight excluding hydrogens is 272 g/mol. The standard InChI is InChI=1S/C20H32O2/c1-17(2)14-6-8-20-10-9-18(3,12-20)7-5-15(20)19(14,4)11-13(21)16(17)22/h9-10,13-16,21-22H,5-8,11-12H2,1-4H3. The van der Waals surface area contributed by atoms with Crippen LogP contribution < -0.4 is 0 Å². The minimum atomic E-state index is -0.576. The summed E-state index contributed by atoms with van der Waals surface area (Å²) in [5.74, 6) is 1.19. The highest BCUT2D eigenvalue weighted by molar-refractivity contribution is 5.25. The number of aliphatic hydroxyl groups is 2. The van der Waals surface area contributed by atoms with Crippen molar-refractivity contribution in [1.82, 2.24) is 0 Å². The summed E-state index contributed by atoms with van der Waals surface area (Å²) < 4.78 is 0. The minimum Gasteiger partial charge on any atom is -0.390 e. The molecule has 0 aromatic carbocycles. The molecule has 2 nitrogen and oxygen atoms in total. The fraction of sp³-hybridized carbons (Fsp3) is 0.900. The molecule has 2 bridgehead atoms. The number of allylic oxidation sites excluding steroid dienone is 2. The molecule has 0 aliphatic heterocycles. The third-order valence-corrected chi connectivity index (χ3v) is 8.41. The van der Waals surface area contributed by atoms with Crippen LogP contribution in [0.15, 0.2) is 12.2 Å². The quantitative estimate of drug-likeness (QED) is 0.666. The van der Waals surface area contributed by atoms with Crippen LogP contribution in [0.1, 0.15) is 66.2 Å². The Balaban J connectivity index is 1.76. The molecule has 124 valence electrons. The van der Waals surface area contributed by atoms with Crippen molar-refractivity contribution >= 4 is 0 Å². The molecule has 1 spiro atoms. The van der Waals surface area contributed by atoms with Crippen molar-refractivity contribution in [3.8, 4) is 0 Å². The van der Waals surface area contributed by atoms with Gasteiger partial charge in [0.1, 0.15) is 0 Å². The average molecular weight is 304 g/mol. The third-order valence-electron chi connectivity index (χ3n) is 8.41. The van der Waals surface area contributed by atoms with Gasteiger partial charge in [-0.2, -0.15) is 0 Å². The molecule has 4 aliphatic carbocycles. The van der Waals surface area contributed by atoms with Crippen LogP contribution in [0.25, 0.3) is 0 Å². The lowest BCUT2D eigenvalue weighted by Crippen LogP contribution is -2.63. The topological polar surface area (TPSA) is 40.5 Å². The molecule has 0 heterocycles. The van der Waals surface area contributed by atoms with Gasteiger partial charge in [0, 0.05) is 0 Å². The molecule has 2 N–H and O–H groups in total. The van der Waals surface area contributed by atoms with Crippen molar-refractivity contribution in [3.63, 3.8) is 0 Å². The molecule has 0 amide bonds. The van der Waals surface area contributed by atoms with E-state index in [9.17, 15) is 10.2 Å². The second-order valence-corrected chi connectivity index (χ2v) is 10.1. The lowest BCUT2D eigenvalue weighted by molar-refractivity contribution is -0.214. The third kappa shape index (κ3) is 1.69. The van der Waals surface area contributed by atoms with Crippen LogP contribution in [-0.4, -0.2) is 22.4 Å². The van der Waals surface area contributed by atoms with E-state index in [2.05, 4.69) is 39.8 Å². The number of hydrogen-bond acceptors (Lipinski definition) is 2. The Morgan fingerprint density at radius 1 is 0.909 bits per heavy atom. The lowest BCUT2D eigenvalue weighted by atomic mass is 9.40. The summed E-state index contributed by atoms with van der Waals surface area (Å²) in [5.41, 5.74) is 0.770. The average Bonchev–Trinajstić information content (AvgIpc) is 2.66. The van der Waals surface area contributed by atoms with E-state index >= 15 is 0 Å². The Bertz CT molecular complexity index is 524. The number of hydrogen-bond donors (Lipinski definition) is 2. The normalized spacial score (nSPS) is 59.0. The summed E-state index contributed by atoms with van der Waals surface area (Å²) in [7, 11) is 0. The summed E-state index contributed by atoms with van der Waals surface area (Å²) >= 11 is 0. The van der Waals surface area contributed by atoms with Gasteiger partial charge < -0.3 is 10.2 Å². The second kappa shape index (κ2) is 4.19. The van der Waals surface area contributed by atoms with Crippen molar-refractivity contribution in [1.29, 1.82) is 0 Å². The van der Waals surface area contributed by atoms with E-state index in [0.717, 1.165) is 6.42 Å². The maximum Gasteiger partial charge on any atom is 0.0852 e. The van der Waals surface area contributed by atoms with E-state index in [1.807, 2.05) is 0 Å². The molecule has 0 aromatic rings. The zero-order valence-corrected chi connectivity index (χ0v) is 14.6. The first-order chi connectivity index (χ1) is 10.1. The predicted molar refractivity (Wildman–Crippen MR) is 88.3 cm³/mol. The zero-order chi connectivity index (χ0) is 16.0. The van der Waals surface area contributed by atoms with E-state index in [-0.39, 0.29) is 10.8 Å². The van der Waals surface area contributed by atoms with Gasteiger partial charge in [-0.15, -0.1) is 0 Å². The van der Waals surface area contributed by atoms with Gasteiger partial charge in [0.05, 0.1) is 12.2 Å². The Morgan fingerprint density at radius 2 is 1.59 bits per heavy atom. The van der Waals surface area contributed by atoms with Gasteiger partial charge in [0.2, 0.25) is 0 Å². The molecular formula is C20H32O2. The van der Waals surface area contributed by atoms with Gasteiger partial charge in [-0.1, -0.05) is 39.8 Å². The molecule has 4 rings (SSSR count). The summed E-state index contributed by atoms with van der Waals surface area (Å²) in [6.07, 6.45) is 11.0. The molecule has 2 heteroatoms. The minimum absolute atomic E-state index is 0.163. The Labute approximate surface area is 135 Å². The molecule has 7 unspecified atom stereocenters. The Kier molecular flexibility index (Phi) is 2.89. The molecule has 0 saturated heterocycles. The van der Waals surface area contributed by atoms with Gasteiger partial charge in [-0.3, -0.25) is 0 Å². The molecule has 3 saturated carbocycles. The number of rotatable bonds is 0. The second-order valence-electron chi connectivity index (χ2n) is 10.1. The van der Waals surface area contributed by atoms with Crippen molar-refractivity contribution in [2.24, 2.45) is 33.5 Å². The fourth-order valence-corrected chi connectivity index (χ4v) is 7.50. The summed E-state index contributed by atoms with van der Waals surface area (Å²) in [6, 6.07) is 0. The number of fused-ring (bicyclic) bond motifs is 3. The first-order valence-electron chi connectivity index (χ1n) is 9.20. The predicted octanol–water partition coefficient (Wildman–Crippen LogP) is 3.92. The van der Waals surface area contributed by atoms with Gasteiger partial charge in [-0.25, -0.2) is 0 Å². The first kappa shape index (κ1) is 15.2. The van der Waals surface area contributed by atoms with Crippen LogP contribution >= 0.6 is 0 Å². The van der Waals surface area contributed by atoms with Gasteiger partial charge in [-0.05, 0) is 72.0 Å². The largest absolute Gasteiger partial charge is 0.390 e. The first-order valence-corrected chi connectivity index (χ1v) is 9.20. The summed E-state index contributed by atoms with van der Waals surface area (Å²) in [5, 5.41) is 21.1. The monoisotopic (exact) mass is 304 g/mol. The van der Waals surface area contributed by atoms with Crippen molar-refractivity contribution < 1.29 is 10.2 Å². The maximum atomic E-state index is 10.6. The Hall–Kier alpha value is -0.340. The smallest absolute Gasteiger partial charge is 0.0852 e. The van der Waals surface area contributed by atoms with Crippen LogP contribution in [0.4, 0.5) is 0 Å². The van der Waals surface area contributed by atoms with E-state index in [4.69, 9.17) is 0 Å². The molecule has 7 atom stereocenters. The Morgan fingerprint density at radius 3 is 2.32 bits per heavy atom. The number of aliphatic hydroxyl groups excluding tert-OH is 2. The van der Waals surface area contributed by atoms with E-state index in [1.165, 1.54) is 32.1 Å². The van der Waals surface area contributed by atoms with Gasteiger partial charge >= 0.3 is 0 Å². The van der Waals surface area contributed by atoms with Crippen LogP contribution in [0, 0.1) is 33.5 Å². The highest BCUT2D eigenvalue weighted by atomic mass is 16.3. The SMILES string of the molecule is CC12C=CC3(CCC4C(C)(C)C(O)C(O)CC4(C)C3CC1)C2. The van der Waals surface area contributed by atoms with Gasteiger partial charge in [0.15, 0.2) is 0 Å². The summed E-state index contributed by atoms with van der Waals surface area (Å²) in [6.45, 7) is 9.21. The van der Waals surface area contributed by atoms with E-state index in [0.29, 0.717) is 22.7 Å². The van der Waals surface area contributed by atoms with Crippen LogP contribution in [0.5, 0.6) is 0 Å². The van der Waals surface area contributed by atoms with Crippen LogP contribution in [0.2, 0.25) is 0 Å². The fourth-order valence-electron chi connectivity index (χ4n) is 7.50. The van der Waals surface area contributed by atoms with Crippen molar-refractivity contribution in [2.45, 2.75) is 78.4 Å². The highest BCUT2D eigenvalue weighted by Gasteiger charge is 2.65. The maximum absolute atomic E-state index is 10.6.